The van der Waals surface area contributed by atoms with Gasteiger partial charge in [-0.15, -0.1) is 0 Å². The van der Waals surface area contributed by atoms with Crippen molar-refractivity contribution in [2.75, 3.05) is 0 Å². The van der Waals surface area contributed by atoms with E-state index in [-0.39, 0.29) is 10.9 Å². The van der Waals surface area contributed by atoms with E-state index < -0.39 is 5.56 Å². The molecule has 88 valence electrons. The molecule has 0 saturated carbocycles. The molecule has 2 aromatic rings. The van der Waals surface area contributed by atoms with E-state index in [1.54, 1.807) is 12.1 Å². The van der Waals surface area contributed by atoms with E-state index in [1.165, 1.54) is 12.4 Å². The molecule has 0 fully saturated rings. The second-order valence-corrected chi connectivity index (χ2v) is 4.25. The smallest absolute Gasteiger partial charge is 0.273 e. The van der Waals surface area contributed by atoms with Gasteiger partial charge in [0.1, 0.15) is 5.75 Å². The summed E-state index contributed by atoms with van der Waals surface area (Å²) in [4.78, 5) is 17.3. The Labute approximate surface area is 111 Å². The van der Waals surface area contributed by atoms with E-state index >= 15 is 0 Å². The molecule has 1 heterocycles. The van der Waals surface area contributed by atoms with Gasteiger partial charge in [0.25, 0.3) is 5.56 Å². The minimum Gasteiger partial charge on any atom is -0.436 e. The molecule has 0 unspecified atom stereocenters. The largest absolute Gasteiger partial charge is 0.436 e. The number of H-pyrrole nitrogens is 1. The van der Waals surface area contributed by atoms with Crippen LogP contribution in [0.25, 0.3) is 0 Å². The number of nitrogens with one attached hydrogen (secondary N) is 1. The maximum atomic E-state index is 11.2. The number of halogens is 3. The van der Waals surface area contributed by atoms with E-state index in [4.69, 9.17) is 39.5 Å². The van der Waals surface area contributed by atoms with Crippen molar-refractivity contribution in [3.63, 3.8) is 0 Å². The first-order chi connectivity index (χ1) is 8.08. The third-order valence-corrected chi connectivity index (χ3v) is 2.73. The van der Waals surface area contributed by atoms with Gasteiger partial charge in [-0.3, -0.25) is 4.79 Å². The molecule has 0 spiro atoms. The van der Waals surface area contributed by atoms with Crippen molar-refractivity contribution in [2.45, 2.75) is 0 Å². The van der Waals surface area contributed by atoms with E-state index in [9.17, 15) is 4.79 Å². The molecule has 0 bridgehead atoms. The highest BCUT2D eigenvalue weighted by Gasteiger charge is 2.10. The van der Waals surface area contributed by atoms with E-state index in [0.717, 1.165) is 0 Å². The Hall–Kier alpha value is -1.23. The highest BCUT2D eigenvalue weighted by molar-refractivity contribution is 6.35. The van der Waals surface area contributed by atoms with Gasteiger partial charge in [-0.05, 0) is 18.2 Å². The first-order valence-electron chi connectivity index (χ1n) is 4.44. The molecule has 0 aliphatic heterocycles. The number of ether oxygens (including phenoxy) is 1. The van der Waals surface area contributed by atoms with Crippen LogP contribution in [0.1, 0.15) is 0 Å². The number of aromatic amines is 1. The molecule has 7 heteroatoms. The Morgan fingerprint density at radius 3 is 2.71 bits per heavy atom. The molecular formula is C10H5Cl3N2O2. The van der Waals surface area contributed by atoms with Crippen molar-refractivity contribution in [2.24, 2.45) is 0 Å². The quantitative estimate of drug-likeness (QED) is 0.921. The van der Waals surface area contributed by atoms with Crippen LogP contribution in [0.2, 0.25) is 15.1 Å². The van der Waals surface area contributed by atoms with Crippen molar-refractivity contribution in [1.82, 2.24) is 9.97 Å². The molecule has 0 radical (unpaired) electrons. The zero-order valence-electron chi connectivity index (χ0n) is 8.21. The van der Waals surface area contributed by atoms with E-state index in [0.29, 0.717) is 15.8 Å². The number of hydrogen-bond acceptors (Lipinski definition) is 3. The minimum atomic E-state index is -0.484. The van der Waals surface area contributed by atoms with Crippen LogP contribution in [0.3, 0.4) is 0 Å². The average molecular weight is 292 g/mol. The lowest BCUT2D eigenvalue weighted by molar-refractivity contribution is 0.461. The summed E-state index contributed by atoms with van der Waals surface area (Å²) in [7, 11) is 0. The first kappa shape index (κ1) is 12.2. The maximum absolute atomic E-state index is 11.2. The Kier molecular flexibility index (Phi) is 3.57. The average Bonchev–Trinajstić information content (AvgIpc) is 2.28. The van der Waals surface area contributed by atoms with Gasteiger partial charge in [0.05, 0.1) is 11.3 Å². The molecule has 0 atom stereocenters. The van der Waals surface area contributed by atoms with Crippen molar-refractivity contribution in [3.05, 3.63) is 49.9 Å². The van der Waals surface area contributed by atoms with Gasteiger partial charge < -0.3 is 9.72 Å². The Bertz CT molecular complexity index is 613. The topological polar surface area (TPSA) is 55.0 Å². The van der Waals surface area contributed by atoms with Crippen molar-refractivity contribution < 1.29 is 4.74 Å². The predicted molar refractivity (Wildman–Crippen MR) is 66.4 cm³/mol. The van der Waals surface area contributed by atoms with Crippen LogP contribution in [0.4, 0.5) is 0 Å². The zero-order valence-corrected chi connectivity index (χ0v) is 10.5. The Morgan fingerprint density at radius 2 is 2.00 bits per heavy atom. The lowest BCUT2D eigenvalue weighted by atomic mass is 10.3. The van der Waals surface area contributed by atoms with Crippen LogP contribution in [-0.4, -0.2) is 9.97 Å². The van der Waals surface area contributed by atoms with Crippen LogP contribution < -0.4 is 10.3 Å². The lowest BCUT2D eigenvalue weighted by Crippen LogP contribution is -2.07. The lowest BCUT2D eigenvalue weighted by Gasteiger charge is -2.07. The van der Waals surface area contributed by atoms with Gasteiger partial charge in [0.2, 0.25) is 5.88 Å². The standard InChI is InChI=1S/C10H5Cl3N2O2/c11-5-1-2-7(6(12)3-5)17-10-8(13)9(16)14-4-15-10/h1-4H,(H,14,15,16). The summed E-state index contributed by atoms with van der Waals surface area (Å²) >= 11 is 17.4. The third kappa shape index (κ3) is 2.72. The van der Waals surface area contributed by atoms with Gasteiger partial charge in [-0.2, -0.15) is 0 Å². The summed E-state index contributed by atoms with van der Waals surface area (Å²) in [6.45, 7) is 0. The molecule has 0 aliphatic rings. The summed E-state index contributed by atoms with van der Waals surface area (Å²) in [5.74, 6) is 0.302. The normalized spacial score (nSPS) is 10.3. The number of hydrogen-bond donors (Lipinski definition) is 1. The number of benzene rings is 1. The predicted octanol–water partition coefficient (Wildman–Crippen LogP) is 3.52. The Balaban J connectivity index is 2.38. The summed E-state index contributed by atoms with van der Waals surface area (Å²) in [5, 5.41) is 0.640. The SMILES string of the molecule is O=c1[nH]cnc(Oc2ccc(Cl)cc2Cl)c1Cl. The first-order valence-corrected chi connectivity index (χ1v) is 5.57. The molecule has 0 aliphatic carbocycles. The molecule has 0 saturated heterocycles. The zero-order chi connectivity index (χ0) is 12.4. The van der Waals surface area contributed by atoms with Crippen molar-refractivity contribution >= 4 is 34.8 Å². The van der Waals surface area contributed by atoms with Crippen LogP contribution in [-0.2, 0) is 0 Å². The summed E-state index contributed by atoms with van der Waals surface area (Å²) < 4.78 is 5.32. The van der Waals surface area contributed by atoms with E-state index in [2.05, 4.69) is 9.97 Å². The van der Waals surface area contributed by atoms with Gasteiger partial charge in [-0.1, -0.05) is 34.8 Å². The second kappa shape index (κ2) is 4.96. The van der Waals surface area contributed by atoms with Crippen molar-refractivity contribution in [1.29, 1.82) is 0 Å². The number of aromatic nitrogens is 2. The van der Waals surface area contributed by atoms with Gasteiger partial charge in [0, 0.05) is 5.02 Å². The van der Waals surface area contributed by atoms with Gasteiger partial charge in [0.15, 0.2) is 5.02 Å². The molecule has 1 aromatic carbocycles. The van der Waals surface area contributed by atoms with E-state index in [1.807, 2.05) is 0 Å². The Morgan fingerprint density at radius 1 is 1.24 bits per heavy atom. The molecule has 1 aromatic heterocycles. The number of rotatable bonds is 2. The van der Waals surface area contributed by atoms with Gasteiger partial charge in [-0.25, -0.2) is 4.98 Å². The van der Waals surface area contributed by atoms with Crippen LogP contribution in [0, 0.1) is 0 Å². The maximum Gasteiger partial charge on any atom is 0.273 e. The highest BCUT2D eigenvalue weighted by Crippen LogP contribution is 2.32. The molecular weight excluding hydrogens is 286 g/mol. The summed E-state index contributed by atoms with van der Waals surface area (Å²) in [6, 6.07) is 4.67. The molecule has 4 nitrogen and oxygen atoms in total. The molecule has 1 N–H and O–H groups in total. The fourth-order valence-corrected chi connectivity index (χ4v) is 1.69. The summed E-state index contributed by atoms with van der Waals surface area (Å²) in [6.07, 6.45) is 1.19. The third-order valence-electron chi connectivity index (χ3n) is 1.87. The van der Waals surface area contributed by atoms with Crippen LogP contribution in [0.5, 0.6) is 11.6 Å². The van der Waals surface area contributed by atoms with Crippen molar-refractivity contribution in [3.8, 4) is 11.6 Å². The minimum absolute atomic E-state index is 0.0142. The highest BCUT2D eigenvalue weighted by atomic mass is 35.5. The molecule has 0 amide bonds. The fourth-order valence-electron chi connectivity index (χ4n) is 1.10. The number of nitrogens with zero attached hydrogens (tertiary/aromatic N) is 1. The van der Waals surface area contributed by atoms with Gasteiger partial charge >= 0.3 is 0 Å². The van der Waals surface area contributed by atoms with Crippen LogP contribution in [0.15, 0.2) is 29.3 Å². The summed E-state index contributed by atoms with van der Waals surface area (Å²) in [5.41, 5.74) is -0.484. The molecule has 2 rings (SSSR count). The monoisotopic (exact) mass is 290 g/mol. The fraction of sp³-hybridized carbons (Fsp3) is 0. The second-order valence-electron chi connectivity index (χ2n) is 3.03. The molecule has 17 heavy (non-hydrogen) atoms. The van der Waals surface area contributed by atoms with Crippen LogP contribution >= 0.6 is 34.8 Å².